The first-order valence-corrected chi connectivity index (χ1v) is 6.53. The van der Waals surface area contributed by atoms with Crippen LogP contribution in [0.25, 0.3) is 0 Å². The molecule has 5 nitrogen and oxygen atoms in total. The molecular formula is C9H4ClF2NO4S. The van der Waals surface area contributed by atoms with E-state index in [0.29, 0.717) is 6.07 Å². The Morgan fingerprint density at radius 3 is 2.44 bits per heavy atom. The zero-order valence-electron chi connectivity index (χ0n) is 8.43. The summed E-state index contributed by atoms with van der Waals surface area (Å²) < 4.78 is 50.3. The van der Waals surface area contributed by atoms with Crippen LogP contribution in [0.1, 0.15) is 15.9 Å². The quantitative estimate of drug-likeness (QED) is 0.625. The fourth-order valence-corrected chi connectivity index (χ4v) is 1.94. The van der Waals surface area contributed by atoms with Crippen LogP contribution >= 0.6 is 10.7 Å². The largest absolute Gasteiger partial charge is 0.433 e. The highest BCUT2D eigenvalue weighted by molar-refractivity contribution is 8.13. The lowest BCUT2D eigenvalue weighted by molar-refractivity contribution is -0.0502. The van der Waals surface area contributed by atoms with Crippen LogP contribution in [0.15, 0.2) is 17.0 Å². The first-order chi connectivity index (χ1) is 8.29. The van der Waals surface area contributed by atoms with Gasteiger partial charge in [-0.2, -0.15) is 14.0 Å². The van der Waals surface area contributed by atoms with Crippen molar-refractivity contribution in [1.29, 1.82) is 5.26 Å². The highest BCUT2D eigenvalue weighted by atomic mass is 35.7. The second kappa shape index (κ2) is 5.29. The molecule has 0 saturated carbocycles. The third kappa shape index (κ3) is 3.15. The van der Waals surface area contributed by atoms with Gasteiger partial charge >= 0.3 is 6.61 Å². The third-order valence-corrected chi connectivity index (χ3v) is 3.18. The predicted molar refractivity (Wildman–Crippen MR) is 56.2 cm³/mol. The molecule has 0 aromatic heterocycles. The van der Waals surface area contributed by atoms with Gasteiger partial charge in [-0.1, -0.05) is 0 Å². The molecule has 0 bridgehead atoms. The molecule has 0 amide bonds. The summed E-state index contributed by atoms with van der Waals surface area (Å²) in [4.78, 5) is 10.1. The molecular weight excluding hydrogens is 292 g/mol. The summed E-state index contributed by atoms with van der Waals surface area (Å²) in [7, 11) is 0.782. The Morgan fingerprint density at radius 1 is 1.44 bits per heavy atom. The van der Waals surface area contributed by atoms with Gasteiger partial charge in [0.2, 0.25) is 0 Å². The molecule has 0 aliphatic carbocycles. The second-order valence-electron chi connectivity index (χ2n) is 2.93. The molecule has 0 fully saturated rings. The van der Waals surface area contributed by atoms with Gasteiger partial charge in [0, 0.05) is 22.3 Å². The molecule has 1 aromatic rings. The van der Waals surface area contributed by atoms with Gasteiger partial charge in [-0.05, 0) is 6.07 Å². The van der Waals surface area contributed by atoms with E-state index in [1.165, 1.54) is 6.07 Å². The Bertz CT molecular complexity index is 624. The molecule has 0 spiro atoms. The maximum Gasteiger partial charge on any atom is 0.387 e. The molecule has 0 heterocycles. The number of carbonyl (C=O) groups excluding carboxylic acids is 1. The summed E-state index contributed by atoms with van der Waals surface area (Å²) in [6.07, 6.45) is 0.141. The van der Waals surface area contributed by atoms with Crippen molar-refractivity contribution in [3.63, 3.8) is 0 Å². The van der Waals surface area contributed by atoms with Crippen molar-refractivity contribution in [2.45, 2.75) is 11.5 Å². The van der Waals surface area contributed by atoms with Crippen LogP contribution in [0.5, 0.6) is 5.75 Å². The first-order valence-electron chi connectivity index (χ1n) is 4.22. The summed E-state index contributed by atoms with van der Waals surface area (Å²) in [5.74, 6) is -0.726. The summed E-state index contributed by atoms with van der Waals surface area (Å²) in [6.45, 7) is -3.27. The third-order valence-electron chi connectivity index (χ3n) is 1.84. The van der Waals surface area contributed by atoms with Crippen molar-refractivity contribution in [2.24, 2.45) is 0 Å². The lowest BCUT2D eigenvalue weighted by Crippen LogP contribution is -2.06. The molecule has 0 aliphatic rings. The van der Waals surface area contributed by atoms with E-state index < -0.39 is 37.4 Å². The Hall–Kier alpha value is -1.72. The molecule has 96 valence electrons. The number of nitrogens with zero attached hydrogens (tertiary/aromatic N) is 1. The van der Waals surface area contributed by atoms with Crippen LogP contribution in [-0.2, 0) is 9.05 Å². The number of ether oxygens (including phenoxy) is 1. The van der Waals surface area contributed by atoms with Gasteiger partial charge in [0.1, 0.15) is 17.4 Å². The average Bonchev–Trinajstić information content (AvgIpc) is 2.25. The van der Waals surface area contributed by atoms with E-state index in [1.807, 2.05) is 0 Å². The van der Waals surface area contributed by atoms with Gasteiger partial charge in [0.25, 0.3) is 9.05 Å². The molecule has 1 aromatic carbocycles. The van der Waals surface area contributed by atoms with Crippen LogP contribution in [0.2, 0.25) is 0 Å². The van der Waals surface area contributed by atoms with E-state index in [1.54, 1.807) is 0 Å². The standard InChI is InChI=1S/C9H4ClF2NO4S/c10-18(15,16)6-1-5(4-14)7(3-13)8(2-6)17-9(11)12/h1-2,4,9H. The van der Waals surface area contributed by atoms with Crippen molar-refractivity contribution in [3.8, 4) is 11.8 Å². The van der Waals surface area contributed by atoms with E-state index in [0.717, 1.165) is 6.07 Å². The van der Waals surface area contributed by atoms with Gasteiger partial charge < -0.3 is 4.74 Å². The summed E-state index contributed by atoms with van der Waals surface area (Å²) >= 11 is 0. The molecule has 0 aliphatic heterocycles. The number of hydrogen-bond acceptors (Lipinski definition) is 5. The summed E-state index contributed by atoms with van der Waals surface area (Å²) in [5, 5.41) is 8.72. The SMILES string of the molecule is N#Cc1c(C=O)cc(S(=O)(=O)Cl)cc1OC(F)F. The Labute approximate surface area is 105 Å². The van der Waals surface area contributed by atoms with Crippen molar-refractivity contribution in [2.75, 3.05) is 0 Å². The number of hydrogen-bond donors (Lipinski definition) is 0. The Balaban J connectivity index is 3.57. The van der Waals surface area contributed by atoms with Gasteiger partial charge in [-0.3, -0.25) is 4.79 Å². The van der Waals surface area contributed by atoms with E-state index in [9.17, 15) is 22.0 Å². The van der Waals surface area contributed by atoms with E-state index in [-0.39, 0.29) is 6.29 Å². The molecule has 9 heteroatoms. The summed E-state index contributed by atoms with van der Waals surface area (Å²) in [6, 6.07) is 2.92. The van der Waals surface area contributed by atoms with Crippen molar-refractivity contribution >= 4 is 26.0 Å². The number of rotatable bonds is 4. The van der Waals surface area contributed by atoms with Crippen LogP contribution in [0, 0.1) is 11.3 Å². The van der Waals surface area contributed by atoms with E-state index in [4.69, 9.17) is 15.9 Å². The second-order valence-corrected chi connectivity index (χ2v) is 5.50. The van der Waals surface area contributed by atoms with Crippen molar-refractivity contribution < 1.29 is 26.7 Å². The molecule has 0 atom stereocenters. The smallest absolute Gasteiger partial charge is 0.387 e. The van der Waals surface area contributed by atoms with Gasteiger partial charge in [-0.25, -0.2) is 8.42 Å². The fourth-order valence-electron chi connectivity index (χ4n) is 1.15. The molecule has 0 saturated heterocycles. The maximum absolute atomic E-state index is 12.1. The monoisotopic (exact) mass is 295 g/mol. The zero-order valence-corrected chi connectivity index (χ0v) is 10.0. The number of carbonyl (C=O) groups is 1. The normalized spacial score (nSPS) is 11.1. The zero-order chi connectivity index (χ0) is 13.9. The topological polar surface area (TPSA) is 84.2 Å². The van der Waals surface area contributed by atoms with Crippen LogP contribution in [-0.4, -0.2) is 21.3 Å². The van der Waals surface area contributed by atoms with Gasteiger partial charge in [0.15, 0.2) is 6.29 Å². The number of alkyl halides is 2. The van der Waals surface area contributed by atoms with Crippen LogP contribution in [0.3, 0.4) is 0 Å². The molecule has 0 N–H and O–H groups in total. The number of benzene rings is 1. The average molecular weight is 296 g/mol. The highest BCUT2D eigenvalue weighted by Gasteiger charge is 2.20. The summed E-state index contributed by atoms with van der Waals surface area (Å²) in [5.41, 5.74) is -0.899. The van der Waals surface area contributed by atoms with Crippen LogP contribution in [0.4, 0.5) is 8.78 Å². The van der Waals surface area contributed by atoms with Crippen molar-refractivity contribution in [3.05, 3.63) is 23.3 Å². The molecule has 0 unspecified atom stereocenters. The van der Waals surface area contributed by atoms with Crippen molar-refractivity contribution in [1.82, 2.24) is 0 Å². The fraction of sp³-hybridized carbons (Fsp3) is 0.111. The maximum atomic E-state index is 12.1. The van der Waals surface area contributed by atoms with Gasteiger partial charge in [-0.15, -0.1) is 0 Å². The molecule has 18 heavy (non-hydrogen) atoms. The van der Waals surface area contributed by atoms with E-state index in [2.05, 4.69) is 4.74 Å². The minimum Gasteiger partial charge on any atom is -0.433 e. The lowest BCUT2D eigenvalue weighted by Gasteiger charge is -2.09. The number of aldehydes is 1. The minimum absolute atomic E-state index is 0.141. The van der Waals surface area contributed by atoms with Gasteiger partial charge in [0.05, 0.1) is 4.90 Å². The predicted octanol–water partition coefficient (Wildman–Crippen LogP) is 1.90. The highest BCUT2D eigenvalue weighted by Crippen LogP contribution is 2.28. The van der Waals surface area contributed by atoms with E-state index >= 15 is 0 Å². The minimum atomic E-state index is -4.24. The Morgan fingerprint density at radius 2 is 2.06 bits per heavy atom. The molecule has 1 rings (SSSR count). The number of halogens is 3. The number of nitriles is 1. The lowest BCUT2D eigenvalue weighted by atomic mass is 10.1. The van der Waals surface area contributed by atoms with Crippen LogP contribution < -0.4 is 4.74 Å². The Kier molecular flexibility index (Phi) is 4.21. The molecule has 0 radical (unpaired) electrons. The first kappa shape index (κ1) is 14.3.